The van der Waals surface area contributed by atoms with Crippen molar-refractivity contribution in [1.82, 2.24) is 5.32 Å². The van der Waals surface area contributed by atoms with Crippen LogP contribution < -0.4 is 5.32 Å². The van der Waals surface area contributed by atoms with Gasteiger partial charge in [0.25, 0.3) is 5.91 Å². The van der Waals surface area contributed by atoms with E-state index in [2.05, 4.69) is 44.3 Å². The molecule has 2 nitrogen and oxygen atoms in total. The molecule has 1 amide bonds. The third-order valence-corrected chi connectivity index (χ3v) is 3.39. The second kappa shape index (κ2) is 6.38. The Morgan fingerprint density at radius 1 is 1.05 bits per heavy atom. The zero-order valence-corrected chi connectivity index (χ0v) is 12.4. The Bertz CT molecular complexity index is 617. The van der Waals surface area contributed by atoms with Gasteiger partial charge in [-0.25, -0.2) is 0 Å². The quantitative estimate of drug-likeness (QED) is 0.887. The lowest BCUT2D eigenvalue weighted by molar-refractivity contribution is 0.0954. The molecule has 0 spiro atoms. The SMILES string of the molecule is CCCNC(=O)c1ccccc1-c1cc(C)ccc1C. The van der Waals surface area contributed by atoms with Crippen molar-refractivity contribution >= 4 is 5.91 Å². The highest BCUT2D eigenvalue weighted by Gasteiger charge is 2.13. The van der Waals surface area contributed by atoms with Gasteiger partial charge in [0.1, 0.15) is 0 Å². The van der Waals surface area contributed by atoms with Gasteiger partial charge < -0.3 is 5.32 Å². The molecule has 0 aliphatic carbocycles. The lowest BCUT2D eigenvalue weighted by atomic mass is 9.94. The third-order valence-electron chi connectivity index (χ3n) is 3.39. The highest BCUT2D eigenvalue weighted by Crippen LogP contribution is 2.27. The maximum absolute atomic E-state index is 12.3. The predicted octanol–water partition coefficient (Wildman–Crippen LogP) is 4.11. The lowest BCUT2D eigenvalue weighted by Gasteiger charge is -2.12. The molecular formula is C18H21NO. The number of hydrogen-bond donors (Lipinski definition) is 1. The number of carbonyl (C=O) groups excluding carboxylic acids is 1. The van der Waals surface area contributed by atoms with Crippen molar-refractivity contribution in [2.45, 2.75) is 27.2 Å². The van der Waals surface area contributed by atoms with Crippen LogP contribution in [-0.4, -0.2) is 12.5 Å². The van der Waals surface area contributed by atoms with Gasteiger partial charge in [0, 0.05) is 12.1 Å². The standard InChI is InChI=1S/C18H21NO/c1-4-11-19-18(20)16-8-6-5-7-15(16)17-12-13(2)9-10-14(17)3/h5-10,12H,4,11H2,1-3H3,(H,19,20). The van der Waals surface area contributed by atoms with Gasteiger partial charge in [-0.05, 0) is 43.0 Å². The maximum Gasteiger partial charge on any atom is 0.251 e. The number of carbonyl (C=O) groups is 1. The molecule has 2 rings (SSSR count). The fourth-order valence-corrected chi connectivity index (χ4v) is 2.28. The van der Waals surface area contributed by atoms with Gasteiger partial charge in [0.2, 0.25) is 0 Å². The van der Waals surface area contributed by atoms with Gasteiger partial charge in [-0.1, -0.05) is 48.9 Å². The van der Waals surface area contributed by atoms with Gasteiger partial charge in [-0.3, -0.25) is 4.79 Å². The molecule has 1 N–H and O–H groups in total. The van der Waals surface area contributed by atoms with E-state index >= 15 is 0 Å². The van der Waals surface area contributed by atoms with Crippen molar-refractivity contribution in [3.8, 4) is 11.1 Å². The van der Waals surface area contributed by atoms with Crippen LogP contribution >= 0.6 is 0 Å². The molecule has 0 saturated heterocycles. The van der Waals surface area contributed by atoms with Gasteiger partial charge in [0.15, 0.2) is 0 Å². The maximum atomic E-state index is 12.3. The van der Waals surface area contributed by atoms with Crippen LogP contribution in [-0.2, 0) is 0 Å². The molecule has 0 fully saturated rings. The Hall–Kier alpha value is -2.09. The Kier molecular flexibility index (Phi) is 4.57. The predicted molar refractivity (Wildman–Crippen MR) is 84.0 cm³/mol. The number of aryl methyl sites for hydroxylation is 2. The van der Waals surface area contributed by atoms with Crippen LogP contribution in [0, 0.1) is 13.8 Å². The summed E-state index contributed by atoms with van der Waals surface area (Å²) in [5.41, 5.74) is 5.27. The van der Waals surface area contributed by atoms with Gasteiger partial charge in [0.05, 0.1) is 0 Å². The molecule has 104 valence electrons. The molecule has 0 aliphatic rings. The van der Waals surface area contributed by atoms with Crippen LogP contribution in [0.3, 0.4) is 0 Å². The number of hydrogen-bond acceptors (Lipinski definition) is 1. The summed E-state index contributed by atoms with van der Waals surface area (Å²) in [6.45, 7) is 6.91. The molecule has 2 aromatic rings. The average molecular weight is 267 g/mol. The van der Waals surface area contributed by atoms with Gasteiger partial charge in [-0.2, -0.15) is 0 Å². The number of amides is 1. The molecule has 0 aromatic heterocycles. The average Bonchev–Trinajstić information content (AvgIpc) is 2.47. The van der Waals surface area contributed by atoms with E-state index in [1.807, 2.05) is 24.3 Å². The second-order valence-electron chi connectivity index (χ2n) is 5.12. The third kappa shape index (κ3) is 3.08. The molecule has 2 aromatic carbocycles. The lowest BCUT2D eigenvalue weighted by Crippen LogP contribution is -2.24. The van der Waals surface area contributed by atoms with Crippen LogP contribution in [0.25, 0.3) is 11.1 Å². The highest BCUT2D eigenvalue weighted by molar-refractivity contribution is 6.01. The summed E-state index contributed by atoms with van der Waals surface area (Å²) in [5.74, 6) is 0.00311. The van der Waals surface area contributed by atoms with Crippen molar-refractivity contribution in [3.05, 3.63) is 59.2 Å². The molecule has 0 unspecified atom stereocenters. The Morgan fingerprint density at radius 3 is 2.55 bits per heavy atom. The van der Waals surface area contributed by atoms with E-state index in [1.165, 1.54) is 11.1 Å². The minimum Gasteiger partial charge on any atom is -0.352 e. The van der Waals surface area contributed by atoms with Gasteiger partial charge in [-0.15, -0.1) is 0 Å². The minimum atomic E-state index is 0.00311. The monoisotopic (exact) mass is 267 g/mol. The molecule has 0 bridgehead atoms. The van der Waals surface area contributed by atoms with Crippen molar-refractivity contribution in [2.24, 2.45) is 0 Å². The highest BCUT2D eigenvalue weighted by atomic mass is 16.1. The Labute approximate surface area is 120 Å². The molecule has 0 heterocycles. The summed E-state index contributed by atoms with van der Waals surface area (Å²) in [5, 5.41) is 2.95. The van der Waals surface area contributed by atoms with E-state index in [4.69, 9.17) is 0 Å². The van der Waals surface area contributed by atoms with Gasteiger partial charge >= 0.3 is 0 Å². The minimum absolute atomic E-state index is 0.00311. The fraction of sp³-hybridized carbons (Fsp3) is 0.278. The van der Waals surface area contributed by atoms with Crippen LogP contribution in [0.15, 0.2) is 42.5 Å². The van der Waals surface area contributed by atoms with Crippen molar-refractivity contribution in [3.63, 3.8) is 0 Å². The topological polar surface area (TPSA) is 29.1 Å². The van der Waals surface area contributed by atoms with Crippen LogP contribution in [0.1, 0.15) is 34.8 Å². The largest absolute Gasteiger partial charge is 0.352 e. The molecule has 0 aliphatic heterocycles. The zero-order valence-electron chi connectivity index (χ0n) is 12.4. The number of nitrogens with one attached hydrogen (secondary N) is 1. The molecule has 2 heteroatoms. The van der Waals surface area contributed by atoms with E-state index < -0.39 is 0 Å². The Morgan fingerprint density at radius 2 is 1.80 bits per heavy atom. The van der Waals surface area contributed by atoms with Crippen molar-refractivity contribution in [1.29, 1.82) is 0 Å². The summed E-state index contributed by atoms with van der Waals surface area (Å²) < 4.78 is 0. The summed E-state index contributed by atoms with van der Waals surface area (Å²) in [6.07, 6.45) is 0.942. The Balaban J connectivity index is 2.47. The van der Waals surface area contributed by atoms with Crippen LogP contribution in [0.5, 0.6) is 0 Å². The first kappa shape index (κ1) is 14.3. The summed E-state index contributed by atoms with van der Waals surface area (Å²) in [6, 6.07) is 14.1. The first-order chi connectivity index (χ1) is 9.63. The van der Waals surface area contributed by atoms with E-state index in [1.54, 1.807) is 0 Å². The number of benzene rings is 2. The van der Waals surface area contributed by atoms with Crippen molar-refractivity contribution < 1.29 is 4.79 Å². The first-order valence-corrected chi connectivity index (χ1v) is 7.08. The second-order valence-corrected chi connectivity index (χ2v) is 5.12. The van der Waals surface area contributed by atoms with Crippen LogP contribution in [0.2, 0.25) is 0 Å². The van der Waals surface area contributed by atoms with E-state index in [9.17, 15) is 4.79 Å². The molecule has 0 atom stereocenters. The normalized spacial score (nSPS) is 10.3. The van der Waals surface area contributed by atoms with Crippen molar-refractivity contribution in [2.75, 3.05) is 6.54 Å². The van der Waals surface area contributed by atoms with E-state index in [0.29, 0.717) is 6.54 Å². The molecule has 20 heavy (non-hydrogen) atoms. The number of rotatable bonds is 4. The fourth-order valence-electron chi connectivity index (χ4n) is 2.28. The molecule has 0 radical (unpaired) electrons. The first-order valence-electron chi connectivity index (χ1n) is 7.08. The molecular weight excluding hydrogens is 246 g/mol. The van der Waals surface area contributed by atoms with Crippen LogP contribution in [0.4, 0.5) is 0 Å². The molecule has 0 saturated carbocycles. The van der Waals surface area contributed by atoms with E-state index in [-0.39, 0.29) is 5.91 Å². The smallest absolute Gasteiger partial charge is 0.251 e. The summed E-state index contributed by atoms with van der Waals surface area (Å²) in [7, 11) is 0. The van der Waals surface area contributed by atoms with E-state index in [0.717, 1.165) is 23.1 Å². The summed E-state index contributed by atoms with van der Waals surface area (Å²) in [4.78, 5) is 12.3. The zero-order chi connectivity index (χ0) is 14.5. The summed E-state index contributed by atoms with van der Waals surface area (Å²) >= 11 is 0.